The van der Waals surface area contributed by atoms with Crippen molar-refractivity contribution < 1.29 is 0 Å². The molecule has 0 N–H and O–H groups in total. The second-order valence-corrected chi connectivity index (χ2v) is 7.16. The standard InChI is InChI=1S/C25H29N7/c1-22-7-6-10-25(31-22)21-28-15-18-32(16-13-26-19-23-8-2-4-11-29-23)17-14-27-20-24-9-3-5-12-30-24/h2-12,19-21H,13-18H2,1H3. The maximum atomic E-state index is 4.55. The topological polar surface area (TPSA) is 79.0 Å². The lowest BCUT2D eigenvalue weighted by molar-refractivity contribution is 0.298. The normalized spacial score (nSPS) is 11.9. The molecule has 0 aliphatic heterocycles. The first-order valence-electron chi connectivity index (χ1n) is 10.8. The summed E-state index contributed by atoms with van der Waals surface area (Å²) in [5, 5.41) is 0. The summed E-state index contributed by atoms with van der Waals surface area (Å²) in [6.07, 6.45) is 9.02. The van der Waals surface area contributed by atoms with Crippen LogP contribution in [0.1, 0.15) is 22.8 Å². The Balaban J connectivity index is 1.49. The predicted octanol–water partition coefficient (Wildman–Crippen LogP) is 3.14. The highest BCUT2D eigenvalue weighted by molar-refractivity contribution is 5.77. The fourth-order valence-corrected chi connectivity index (χ4v) is 2.95. The SMILES string of the molecule is Cc1cccc(C=NCCN(CCN=Cc2ccccn2)CCN=Cc2ccccn2)n1. The van der Waals surface area contributed by atoms with Crippen LogP contribution < -0.4 is 0 Å². The second-order valence-electron chi connectivity index (χ2n) is 7.16. The summed E-state index contributed by atoms with van der Waals surface area (Å²) in [7, 11) is 0. The van der Waals surface area contributed by atoms with Gasteiger partial charge in [-0.15, -0.1) is 0 Å². The first kappa shape index (κ1) is 23.1. The van der Waals surface area contributed by atoms with E-state index < -0.39 is 0 Å². The lowest BCUT2D eigenvalue weighted by Gasteiger charge is -2.19. The minimum Gasteiger partial charge on any atom is -0.298 e. The summed E-state index contributed by atoms with van der Waals surface area (Å²) in [6.45, 7) is 6.58. The molecule has 7 heteroatoms. The van der Waals surface area contributed by atoms with Crippen molar-refractivity contribution in [3.63, 3.8) is 0 Å². The van der Waals surface area contributed by atoms with Crippen LogP contribution in [0.15, 0.2) is 82.0 Å². The maximum absolute atomic E-state index is 4.55. The third-order valence-corrected chi connectivity index (χ3v) is 4.59. The molecule has 0 radical (unpaired) electrons. The number of aryl methyl sites for hydroxylation is 1. The predicted molar refractivity (Wildman–Crippen MR) is 131 cm³/mol. The molecule has 0 amide bonds. The summed E-state index contributed by atoms with van der Waals surface area (Å²) in [5.41, 5.74) is 3.62. The minimum absolute atomic E-state index is 0.698. The van der Waals surface area contributed by atoms with Crippen molar-refractivity contribution in [3.05, 3.63) is 89.8 Å². The Morgan fingerprint density at radius 2 is 1.16 bits per heavy atom. The molecule has 0 aliphatic carbocycles. The van der Waals surface area contributed by atoms with Gasteiger partial charge in [-0.2, -0.15) is 0 Å². The Hall–Kier alpha value is -3.58. The highest BCUT2D eigenvalue weighted by atomic mass is 15.1. The van der Waals surface area contributed by atoms with Gasteiger partial charge in [-0.1, -0.05) is 18.2 Å². The number of rotatable bonds is 12. The van der Waals surface area contributed by atoms with E-state index in [9.17, 15) is 0 Å². The van der Waals surface area contributed by atoms with Gasteiger partial charge in [-0.3, -0.25) is 34.8 Å². The molecule has 0 fully saturated rings. The van der Waals surface area contributed by atoms with Crippen LogP contribution in [0.3, 0.4) is 0 Å². The van der Waals surface area contributed by atoms with Crippen LogP contribution in [0, 0.1) is 6.92 Å². The first-order chi connectivity index (χ1) is 15.8. The van der Waals surface area contributed by atoms with Gasteiger partial charge in [0.25, 0.3) is 0 Å². The Bertz CT molecular complexity index is 948. The van der Waals surface area contributed by atoms with Gasteiger partial charge in [0.05, 0.1) is 36.7 Å². The van der Waals surface area contributed by atoms with Gasteiger partial charge in [0.15, 0.2) is 0 Å². The number of aromatic nitrogens is 3. The van der Waals surface area contributed by atoms with Gasteiger partial charge < -0.3 is 0 Å². The van der Waals surface area contributed by atoms with E-state index in [1.54, 1.807) is 12.4 Å². The molecule has 32 heavy (non-hydrogen) atoms. The molecular weight excluding hydrogens is 398 g/mol. The van der Waals surface area contributed by atoms with Crippen molar-refractivity contribution in [2.24, 2.45) is 15.0 Å². The zero-order valence-electron chi connectivity index (χ0n) is 18.5. The number of nitrogens with zero attached hydrogens (tertiary/aromatic N) is 7. The molecule has 0 saturated carbocycles. The van der Waals surface area contributed by atoms with E-state index in [1.165, 1.54) is 0 Å². The fourth-order valence-electron chi connectivity index (χ4n) is 2.95. The lowest BCUT2D eigenvalue weighted by atomic mass is 10.3. The van der Waals surface area contributed by atoms with E-state index in [-0.39, 0.29) is 0 Å². The Morgan fingerprint density at radius 3 is 1.62 bits per heavy atom. The fraction of sp³-hybridized carbons (Fsp3) is 0.280. The first-order valence-corrected chi connectivity index (χ1v) is 10.8. The van der Waals surface area contributed by atoms with E-state index in [2.05, 4.69) is 34.8 Å². The third kappa shape index (κ3) is 9.06. The highest BCUT2D eigenvalue weighted by Crippen LogP contribution is 1.96. The van der Waals surface area contributed by atoms with Crippen molar-refractivity contribution in [3.8, 4) is 0 Å². The molecule has 164 valence electrons. The molecule has 0 bridgehead atoms. The number of pyridine rings is 3. The van der Waals surface area contributed by atoms with Crippen molar-refractivity contribution >= 4 is 18.6 Å². The summed E-state index contributed by atoms with van der Waals surface area (Å²) in [4.78, 5) is 28.9. The quantitative estimate of drug-likeness (QED) is 0.416. The number of aliphatic imine (C=N–C) groups is 3. The molecule has 0 aromatic carbocycles. The Kier molecular flexibility index (Phi) is 9.86. The van der Waals surface area contributed by atoms with Crippen molar-refractivity contribution in [2.75, 3.05) is 39.3 Å². The smallest absolute Gasteiger partial charge is 0.0811 e. The van der Waals surface area contributed by atoms with Crippen LogP contribution in [0.2, 0.25) is 0 Å². The zero-order valence-corrected chi connectivity index (χ0v) is 18.5. The van der Waals surface area contributed by atoms with Gasteiger partial charge in [0.1, 0.15) is 0 Å². The number of hydrogen-bond acceptors (Lipinski definition) is 7. The molecule has 0 unspecified atom stereocenters. The molecule has 3 aromatic heterocycles. The Morgan fingerprint density at radius 1 is 0.656 bits per heavy atom. The summed E-state index contributed by atoms with van der Waals surface area (Å²) in [6, 6.07) is 17.6. The van der Waals surface area contributed by atoms with Crippen LogP contribution in [0.4, 0.5) is 0 Å². The molecule has 0 aliphatic rings. The maximum Gasteiger partial charge on any atom is 0.0811 e. The molecule has 3 heterocycles. The van der Waals surface area contributed by atoms with Crippen molar-refractivity contribution in [1.29, 1.82) is 0 Å². The molecule has 0 spiro atoms. The molecule has 0 atom stereocenters. The minimum atomic E-state index is 0.698. The lowest BCUT2D eigenvalue weighted by Crippen LogP contribution is -2.31. The van der Waals surface area contributed by atoms with Crippen LogP contribution in [-0.2, 0) is 0 Å². The van der Waals surface area contributed by atoms with Gasteiger partial charge >= 0.3 is 0 Å². The van der Waals surface area contributed by atoms with Crippen LogP contribution in [-0.4, -0.2) is 77.8 Å². The average Bonchev–Trinajstić information content (AvgIpc) is 2.83. The van der Waals surface area contributed by atoms with Gasteiger partial charge in [0, 0.05) is 56.4 Å². The largest absolute Gasteiger partial charge is 0.298 e. The molecule has 3 aromatic rings. The van der Waals surface area contributed by atoms with Gasteiger partial charge in [-0.05, 0) is 43.3 Å². The van der Waals surface area contributed by atoms with E-state index >= 15 is 0 Å². The molecule has 7 nitrogen and oxygen atoms in total. The van der Waals surface area contributed by atoms with E-state index in [4.69, 9.17) is 0 Å². The monoisotopic (exact) mass is 427 g/mol. The van der Waals surface area contributed by atoms with Gasteiger partial charge in [-0.25, -0.2) is 0 Å². The van der Waals surface area contributed by atoms with E-state index in [1.807, 2.05) is 80.2 Å². The summed E-state index contributed by atoms with van der Waals surface area (Å²) < 4.78 is 0. The van der Waals surface area contributed by atoms with Crippen molar-refractivity contribution in [1.82, 2.24) is 19.9 Å². The van der Waals surface area contributed by atoms with Crippen LogP contribution in [0.5, 0.6) is 0 Å². The highest BCUT2D eigenvalue weighted by Gasteiger charge is 2.03. The molecule has 3 rings (SSSR count). The molecule has 0 saturated heterocycles. The van der Waals surface area contributed by atoms with Gasteiger partial charge in [0.2, 0.25) is 0 Å². The summed E-state index contributed by atoms with van der Waals surface area (Å²) in [5.74, 6) is 0. The second kappa shape index (κ2) is 13.7. The van der Waals surface area contributed by atoms with E-state index in [0.29, 0.717) is 19.6 Å². The number of hydrogen-bond donors (Lipinski definition) is 0. The third-order valence-electron chi connectivity index (χ3n) is 4.59. The van der Waals surface area contributed by atoms with E-state index in [0.717, 1.165) is 42.4 Å². The zero-order chi connectivity index (χ0) is 22.3. The van der Waals surface area contributed by atoms with Crippen LogP contribution in [0.25, 0.3) is 0 Å². The average molecular weight is 428 g/mol. The van der Waals surface area contributed by atoms with Crippen LogP contribution >= 0.6 is 0 Å². The summed E-state index contributed by atoms with van der Waals surface area (Å²) >= 11 is 0. The Labute approximate surface area is 189 Å². The van der Waals surface area contributed by atoms with Crippen molar-refractivity contribution in [2.45, 2.75) is 6.92 Å². The molecular formula is C25H29N7.